The second-order valence-electron chi connectivity index (χ2n) is 6.70. The van der Waals surface area contributed by atoms with Gasteiger partial charge in [0.25, 0.3) is 0 Å². The maximum Gasteiger partial charge on any atom is 0.320 e. The molecule has 3 aromatic rings. The minimum absolute atomic E-state index is 0.0990. The van der Waals surface area contributed by atoms with E-state index in [4.69, 9.17) is 4.98 Å². The standard InChI is InChI=1S/C21H21N3O2/c25-21(26)19-9-5-13-24(19)20(14-16-7-3-4-12-22-16)18-11-10-15-6-1-2-8-17(15)23-18/h1-4,6-8,10-12,19-20H,5,9,13-14H2,(H,25,26). The summed E-state index contributed by atoms with van der Waals surface area (Å²) < 4.78 is 0. The number of carboxylic acids is 1. The average Bonchev–Trinajstić information content (AvgIpc) is 3.16. The van der Waals surface area contributed by atoms with E-state index in [1.807, 2.05) is 48.5 Å². The van der Waals surface area contributed by atoms with Gasteiger partial charge in [-0.25, -0.2) is 0 Å². The molecular weight excluding hydrogens is 326 g/mol. The summed E-state index contributed by atoms with van der Waals surface area (Å²) in [4.78, 5) is 23.1. The Morgan fingerprint density at radius 1 is 1.15 bits per heavy atom. The van der Waals surface area contributed by atoms with Crippen molar-refractivity contribution in [3.05, 3.63) is 72.2 Å². The quantitative estimate of drug-likeness (QED) is 0.765. The number of likely N-dealkylation sites (tertiary alicyclic amines) is 1. The molecule has 5 heteroatoms. The number of fused-ring (bicyclic) bond motifs is 1. The van der Waals surface area contributed by atoms with E-state index in [9.17, 15) is 9.90 Å². The molecule has 0 saturated carbocycles. The van der Waals surface area contributed by atoms with Crippen molar-refractivity contribution >= 4 is 16.9 Å². The van der Waals surface area contributed by atoms with Crippen molar-refractivity contribution in [2.24, 2.45) is 0 Å². The van der Waals surface area contributed by atoms with Gasteiger partial charge in [0.15, 0.2) is 0 Å². The van der Waals surface area contributed by atoms with Crippen LogP contribution in [0.2, 0.25) is 0 Å². The van der Waals surface area contributed by atoms with Crippen LogP contribution in [-0.4, -0.2) is 38.5 Å². The zero-order valence-electron chi connectivity index (χ0n) is 14.5. The number of para-hydroxylation sites is 1. The minimum Gasteiger partial charge on any atom is -0.480 e. The van der Waals surface area contributed by atoms with E-state index in [0.717, 1.165) is 35.3 Å². The van der Waals surface area contributed by atoms with Gasteiger partial charge in [-0.05, 0) is 43.7 Å². The van der Waals surface area contributed by atoms with Crippen molar-refractivity contribution in [3.8, 4) is 0 Å². The maximum absolute atomic E-state index is 11.7. The number of carbonyl (C=O) groups is 1. The van der Waals surface area contributed by atoms with Crippen LogP contribution in [0.25, 0.3) is 10.9 Å². The Hall–Kier alpha value is -2.79. The third-order valence-electron chi connectivity index (χ3n) is 5.07. The predicted molar refractivity (Wildman–Crippen MR) is 99.8 cm³/mol. The van der Waals surface area contributed by atoms with E-state index in [-0.39, 0.29) is 6.04 Å². The van der Waals surface area contributed by atoms with Crippen LogP contribution in [0.15, 0.2) is 60.8 Å². The number of hydrogen-bond donors (Lipinski definition) is 1. The topological polar surface area (TPSA) is 66.3 Å². The molecule has 0 radical (unpaired) electrons. The van der Waals surface area contributed by atoms with Gasteiger partial charge in [0.2, 0.25) is 0 Å². The molecule has 2 atom stereocenters. The summed E-state index contributed by atoms with van der Waals surface area (Å²) in [5.74, 6) is -0.755. The third kappa shape index (κ3) is 3.30. The highest BCUT2D eigenvalue weighted by atomic mass is 16.4. The van der Waals surface area contributed by atoms with Crippen LogP contribution >= 0.6 is 0 Å². The van der Waals surface area contributed by atoms with Crippen LogP contribution in [0.3, 0.4) is 0 Å². The molecule has 1 fully saturated rings. The van der Waals surface area contributed by atoms with Gasteiger partial charge < -0.3 is 5.11 Å². The molecule has 1 aliphatic rings. The lowest BCUT2D eigenvalue weighted by molar-refractivity contribution is -0.143. The Kier molecular flexibility index (Phi) is 4.63. The van der Waals surface area contributed by atoms with Gasteiger partial charge in [0.1, 0.15) is 6.04 Å². The molecule has 5 nitrogen and oxygen atoms in total. The zero-order chi connectivity index (χ0) is 17.9. The van der Waals surface area contributed by atoms with Crippen molar-refractivity contribution in [2.45, 2.75) is 31.3 Å². The molecule has 1 aliphatic heterocycles. The smallest absolute Gasteiger partial charge is 0.320 e. The van der Waals surface area contributed by atoms with Crippen LogP contribution < -0.4 is 0 Å². The number of aromatic nitrogens is 2. The summed E-state index contributed by atoms with van der Waals surface area (Å²) in [6, 6.07) is 17.4. The van der Waals surface area contributed by atoms with E-state index in [1.165, 1.54) is 0 Å². The van der Waals surface area contributed by atoms with Gasteiger partial charge in [-0.1, -0.05) is 30.3 Å². The fourth-order valence-corrected chi connectivity index (χ4v) is 3.80. The normalized spacial score (nSPS) is 18.8. The SMILES string of the molecule is O=C(O)C1CCCN1C(Cc1ccccn1)c1ccc2ccccc2n1. The van der Waals surface area contributed by atoms with Crippen LogP contribution in [0, 0.1) is 0 Å². The molecule has 0 bridgehead atoms. The first-order valence-electron chi connectivity index (χ1n) is 8.96. The number of aliphatic carboxylic acids is 1. The van der Waals surface area contributed by atoms with Crippen molar-refractivity contribution in [1.82, 2.24) is 14.9 Å². The fraction of sp³-hybridized carbons (Fsp3) is 0.286. The average molecular weight is 347 g/mol. The molecule has 1 saturated heterocycles. The molecular formula is C21H21N3O2. The molecule has 132 valence electrons. The largest absolute Gasteiger partial charge is 0.480 e. The number of benzene rings is 1. The minimum atomic E-state index is -0.755. The second-order valence-corrected chi connectivity index (χ2v) is 6.70. The van der Waals surface area contributed by atoms with Gasteiger partial charge in [-0.2, -0.15) is 0 Å². The lowest BCUT2D eigenvalue weighted by atomic mass is 10.0. The van der Waals surface area contributed by atoms with E-state index in [1.54, 1.807) is 6.20 Å². The first-order chi connectivity index (χ1) is 12.7. The van der Waals surface area contributed by atoms with Crippen molar-refractivity contribution in [3.63, 3.8) is 0 Å². The van der Waals surface area contributed by atoms with E-state index >= 15 is 0 Å². The monoisotopic (exact) mass is 347 g/mol. The van der Waals surface area contributed by atoms with Crippen LogP contribution in [0.1, 0.15) is 30.3 Å². The summed E-state index contributed by atoms with van der Waals surface area (Å²) in [7, 11) is 0. The molecule has 2 aromatic heterocycles. The molecule has 2 unspecified atom stereocenters. The first kappa shape index (κ1) is 16.7. The van der Waals surface area contributed by atoms with Crippen molar-refractivity contribution < 1.29 is 9.90 Å². The molecule has 0 aliphatic carbocycles. The zero-order valence-corrected chi connectivity index (χ0v) is 14.5. The Morgan fingerprint density at radius 3 is 2.81 bits per heavy atom. The Bertz CT molecular complexity index is 913. The number of rotatable bonds is 5. The Balaban J connectivity index is 1.74. The summed E-state index contributed by atoms with van der Waals surface area (Å²) >= 11 is 0. The van der Waals surface area contributed by atoms with Crippen LogP contribution in [0.4, 0.5) is 0 Å². The number of pyridine rings is 2. The third-order valence-corrected chi connectivity index (χ3v) is 5.07. The maximum atomic E-state index is 11.7. The highest BCUT2D eigenvalue weighted by Gasteiger charge is 2.36. The van der Waals surface area contributed by atoms with Gasteiger partial charge >= 0.3 is 5.97 Å². The molecule has 3 heterocycles. The van der Waals surface area contributed by atoms with Crippen LogP contribution in [0.5, 0.6) is 0 Å². The van der Waals surface area contributed by atoms with Crippen molar-refractivity contribution in [1.29, 1.82) is 0 Å². The molecule has 1 aromatic carbocycles. The fourth-order valence-electron chi connectivity index (χ4n) is 3.80. The lowest BCUT2D eigenvalue weighted by Gasteiger charge is -2.30. The molecule has 26 heavy (non-hydrogen) atoms. The summed E-state index contributed by atoms with van der Waals surface area (Å²) in [6.45, 7) is 0.767. The number of carboxylic acid groups (broad SMARTS) is 1. The number of hydrogen-bond acceptors (Lipinski definition) is 4. The molecule has 1 N–H and O–H groups in total. The molecule has 0 amide bonds. The van der Waals surface area contributed by atoms with E-state index < -0.39 is 12.0 Å². The lowest BCUT2D eigenvalue weighted by Crippen LogP contribution is -2.40. The summed E-state index contributed by atoms with van der Waals surface area (Å²) in [5.41, 5.74) is 2.79. The summed E-state index contributed by atoms with van der Waals surface area (Å²) in [5, 5.41) is 10.7. The van der Waals surface area contributed by atoms with E-state index in [0.29, 0.717) is 12.8 Å². The molecule has 0 spiro atoms. The van der Waals surface area contributed by atoms with Crippen molar-refractivity contribution in [2.75, 3.05) is 6.54 Å². The predicted octanol–water partition coefficient (Wildman–Crippen LogP) is 3.46. The highest BCUT2D eigenvalue weighted by Crippen LogP contribution is 2.32. The second kappa shape index (κ2) is 7.22. The summed E-state index contributed by atoms with van der Waals surface area (Å²) in [6.07, 6.45) is 4.00. The number of nitrogens with zero attached hydrogens (tertiary/aromatic N) is 3. The first-order valence-corrected chi connectivity index (χ1v) is 8.96. The van der Waals surface area contributed by atoms with Gasteiger partial charge in [0, 0.05) is 23.7 Å². The highest BCUT2D eigenvalue weighted by molar-refractivity contribution is 5.78. The van der Waals surface area contributed by atoms with Gasteiger partial charge in [-0.15, -0.1) is 0 Å². The Labute approximate surface area is 152 Å². The Morgan fingerprint density at radius 2 is 2.00 bits per heavy atom. The van der Waals surface area contributed by atoms with Gasteiger partial charge in [0.05, 0.1) is 17.3 Å². The van der Waals surface area contributed by atoms with Gasteiger partial charge in [-0.3, -0.25) is 19.7 Å². The van der Waals surface area contributed by atoms with Crippen LogP contribution in [-0.2, 0) is 11.2 Å². The molecule has 4 rings (SSSR count). The van der Waals surface area contributed by atoms with E-state index in [2.05, 4.69) is 16.0 Å².